The number of carbonyl (C=O) groups is 6. The molecule has 0 aromatic rings. The van der Waals surface area contributed by atoms with E-state index >= 15 is 0 Å². The lowest BCUT2D eigenvalue weighted by Gasteiger charge is -2.41. The Morgan fingerprint density at radius 2 is 0.450 bits per heavy atom. The van der Waals surface area contributed by atoms with E-state index in [1.54, 1.807) is 5.57 Å². The minimum atomic E-state index is -0.671. The van der Waals surface area contributed by atoms with Crippen LogP contribution in [0.2, 0.25) is 0 Å². The molecule has 0 radical (unpaired) electrons. The van der Waals surface area contributed by atoms with Crippen LogP contribution in [0.3, 0.4) is 0 Å². The van der Waals surface area contributed by atoms with Gasteiger partial charge in [0.1, 0.15) is 0 Å². The van der Waals surface area contributed by atoms with Gasteiger partial charge in [0.25, 0.3) is 0 Å². The van der Waals surface area contributed by atoms with E-state index in [4.69, 9.17) is 30.6 Å². The fourth-order valence-corrected chi connectivity index (χ4v) is 19.5. The zero-order valence-electron chi connectivity index (χ0n) is 79.7. The third-order valence-electron chi connectivity index (χ3n) is 26.8. The van der Waals surface area contributed by atoms with E-state index in [0.29, 0.717) is 62.2 Å². The predicted molar refractivity (Wildman–Crippen MR) is 512 cm³/mol. The van der Waals surface area contributed by atoms with Crippen LogP contribution in [-0.4, -0.2) is 66.5 Å². The van der Waals surface area contributed by atoms with E-state index in [1.165, 1.54) is 366 Å². The van der Waals surface area contributed by atoms with Crippen molar-refractivity contribution in [1.29, 1.82) is 0 Å². The van der Waals surface area contributed by atoms with Crippen LogP contribution >= 0.6 is 0 Å². The standard InChI is InChI=1S/C36H66O4.C36H64O4.C36H68O4/c2*1-3-5-7-12-19-25-33-31(23-17-6-4-2)29-30-32(24-18-13-8-10-15-21-27-35(37)38)34(33)26-20-14-9-11-16-22-28-36(39)40;1-3-5-7-9-11-15-21-27-33(29-23-17-13-19-25-31-35(37)38)34(28-22-16-12-10-8-6-4-2)30-24-18-14-20-26-32-36(39)40/h29-34H,3-28H2,1-2H3,(H,37,38)(H,39,40);19,25,29-34H,3-18,20-24,26-28H2,1-2H3,(H,37,38)(H,39,40);27,34H,3-26,28-32H2,1-2H3,(H,37,38)(H,39,40)/b;25-19-;33-27-. The van der Waals surface area contributed by atoms with E-state index in [9.17, 15) is 28.8 Å². The molecule has 9 unspecified atom stereocenters. The number of hydrogen-bond donors (Lipinski definition) is 6. The van der Waals surface area contributed by atoms with Crippen LogP contribution in [-0.2, 0) is 28.8 Å². The van der Waals surface area contributed by atoms with Crippen molar-refractivity contribution in [1.82, 2.24) is 0 Å². The Kier molecular flexibility index (Phi) is 85.1. The molecule has 702 valence electrons. The Hall–Kier alpha value is -4.22. The number of aliphatic carboxylic acids is 6. The lowest BCUT2D eigenvalue weighted by Crippen LogP contribution is -2.32. The van der Waals surface area contributed by atoms with Gasteiger partial charge in [-0.15, -0.1) is 0 Å². The number of allylic oxidation sites excluding steroid dienone is 8. The summed E-state index contributed by atoms with van der Waals surface area (Å²) >= 11 is 0. The molecule has 120 heavy (non-hydrogen) atoms. The van der Waals surface area contributed by atoms with Crippen molar-refractivity contribution in [2.75, 3.05) is 0 Å². The van der Waals surface area contributed by atoms with Crippen molar-refractivity contribution in [3.63, 3.8) is 0 Å². The zero-order chi connectivity index (χ0) is 88.0. The fraction of sp³-hybridized carbons (Fsp3) is 0.870. The maximum absolute atomic E-state index is 10.8. The van der Waals surface area contributed by atoms with Gasteiger partial charge in [0.15, 0.2) is 0 Å². The first-order valence-electron chi connectivity index (χ1n) is 52.5. The molecule has 0 amide bonds. The third kappa shape index (κ3) is 74.1. The minimum absolute atomic E-state index is 0.306. The summed E-state index contributed by atoms with van der Waals surface area (Å²) in [5.74, 6) is 2.63. The number of unbranched alkanes of at least 4 members (excludes halogenated alkanes) is 51. The maximum Gasteiger partial charge on any atom is 0.303 e. The summed E-state index contributed by atoms with van der Waals surface area (Å²) in [6.07, 6.45) is 110. The van der Waals surface area contributed by atoms with Gasteiger partial charge in [-0.2, -0.15) is 0 Å². The molecule has 2 aliphatic rings. The molecule has 0 saturated heterocycles. The first-order chi connectivity index (χ1) is 58.5. The summed E-state index contributed by atoms with van der Waals surface area (Å²) in [4.78, 5) is 64.5. The summed E-state index contributed by atoms with van der Waals surface area (Å²) in [6, 6.07) is 0. The SMILES string of the molecule is CCCCC/C=C\C1C(CCCCC)C=CC(CCCCCCCCC(=O)O)C1CCCCCCCCC(=O)O.CCCCCCCC/C=C(/CCCCCCCC(=O)O)C(CCCCCCCCC)CCCCCCCC(=O)O.CCCCCCCC1C(CCCCC)C=CC(CCCCCCCCC(=O)O)C1CCCCCCCCC(=O)O. The highest BCUT2D eigenvalue weighted by Gasteiger charge is 2.36. The van der Waals surface area contributed by atoms with Crippen LogP contribution in [0.1, 0.15) is 549 Å². The largest absolute Gasteiger partial charge is 0.481 e. The van der Waals surface area contributed by atoms with E-state index in [2.05, 4.69) is 84.1 Å². The molecule has 0 aliphatic heterocycles. The number of rotatable bonds is 87. The second-order valence-electron chi connectivity index (χ2n) is 37.6. The Morgan fingerprint density at radius 3 is 0.775 bits per heavy atom. The van der Waals surface area contributed by atoms with Crippen molar-refractivity contribution in [3.05, 3.63) is 48.1 Å². The van der Waals surface area contributed by atoms with Gasteiger partial charge in [-0.1, -0.05) is 424 Å². The summed E-state index contributed by atoms with van der Waals surface area (Å²) in [5, 5.41) is 53.1. The average Bonchev–Trinajstić information content (AvgIpc) is 0.822. The molecule has 12 nitrogen and oxygen atoms in total. The number of carboxylic acids is 6. The molecular formula is C108H198O12. The number of carboxylic acid groups (broad SMARTS) is 6. The van der Waals surface area contributed by atoms with Crippen molar-refractivity contribution < 1.29 is 59.4 Å². The topological polar surface area (TPSA) is 224 Å². The van der Waals surface area contributed by atoms with Crippen molar-refractivity contribution in [2.45, 2.75) is 549 Å². The zero-order valence-corrected chi connectivity index (χ0v) is 79.7. The molecule has 0 fully saturated rings. The monoisotopic (exact) mass is 1690 g/mol. The third-order valence-corrected chi connectivity index (χ3v) is 26.8. The van der Waals surface area contributed by atoms with Crippen molar-refractivity contribution in [2.24, 2.45) is 53.3 Å². The highest BCUT2D eigenvalue weighted by Crippen LogP contribution is 2.46. The molecule has 0 aromatic heterocycles. The Balaban J connectivity index is 0.00000177. The minimum Gasteiger partial charge on any atom is -0.481 e. The average molecular weight is 1690 g/mol. The lowest BCUT2D eigenvalue weighted by molar-refractivity contribution is -0.138. The van der Waals surface area contributed by atoms with Crippen molar-refractivity contribution in [3.8, 4) is 0 Å². The van der Waals surface area contributed by atoms with E-state index in [1.807, 2.05) is 0 Å². The van der Waals surface area contributed by atoms with Gasteiger partial charge < -0.3 is 30.6 Å². The van der Waals surface area contributed by atoms with Gasteiger partial charge in [-0.3, -0.25) is 28.8 Å². The summed E-state index contributed by atoms with van der Waals surface area (Å²) in [6.45, 7) is 13.8. The van der Waals surface area contributed by atoms with Gasteiger partial charge in [-0.25, -0.2) is 0 Å². The molecule has 2 rings (SSSR count). The molecule has 9 atom stereocenters. The van der Waals surface area contributed by atoms with E-state index in [0.717, 1.165) is 132 Å². The number of hydrogen-bond acceptors (Lipinski definition) is 6. The molecule has 12 heteroatoms. The molecule has 0 heterocycles. The molecule has 0 bridgehead atoms. The van der Waals surface area contributed by atoms with Crippen LogP contribution < -0.4 is 0 Å². The normalized spacial score (nSPS) is 18.0. The Labute approximate surface area is 741 Å². The summed E-state index contributed by atoms with van der Waals surface area (Å²) in [5.41, 5.74) is 1.72. The Bertz CT molecular complexity index is 2450. The van der Waals surface area contributed by atoms with Gasteiger partial charge in [-0.05, 0) is 188 Å². The van der Waals surface area contributed by atoms with Gasteiger partial charge >= 0.3 is 35.8 Å². The predicted octanol–water partition coefficient (Wildman–Crippen LogP) is 34.6. The Morgan fingerprint density at radius 1 is 0.233 bits per heavy atom. The second-order valence-corrected chi connectivity index (χ2v) is 37.6. The van der Waals surface area contributed by atoms with E-state index < -0.39 is 35.8 Å². The first kappa shape index (κ1) is 116. The van der Waals surface area contributed by atoms with Crippen LogP contribution in [0.15, 0.2) is 48.1 Å². The van der Waals surface area contributed by atoms with Crippen LogP contribution in [0.5, 0.6) is 0 Å². The molecule has 2 aliphatic carbocycles. The van der Waals surface area contributed by atoms with Crippen LogP contribution in [0.4, 0.5) is 0 Å². The second kappa shape index (κ2) is 88.2. The highest BCUT2D eigenvalue weighted by molar-refractivity contribution is 5.68. The van der Waals surface area contributed by atoms with Gasteiger partial charge in [0.05, 0.1) is 0 Å². The highest BCUT2D eigenvalue weighted by atomic mass is 16.4. The van der Waals surface area contributed by atoms with E-state index in [-0.39, 0.29) is 0 Å². The fourth-order valence-electron chi connectivity index (χ4n) is 19.5. The quantitative estimate of drug-likeness (QED) is 0.0247. The van der Waals surface area contributed by atoms with Crippen LogP contribution in [0.25, 0.3) is 0 Å². The molecule has 6 N–H and O–H groups in total. The molecular weight excluding hydrogens is 1490 g/mol. The van der Waals surface area contributed by atoms with Crippen molar-refractivity contribution >= 4 is 35.8 Å². The molecule has 0 saturated carbocycles. The molecule has 0 spiro atoms. The molecule has 0 aromatic carbocycles. The summed E-state index contributed by atoms with van der Waals surface area (Å²) in [7, 11) is 0. The lowest BCUT2D eigenvalue weighted by atomic mass is 9.64. The van der Waals surface area contributed by atoms with Crippen LogP contribution in [0, 0.1) is 53.3 Å². The summed E-state index contributed by atoms with van der Waals surface area (Å²) < 4.78 is 0. The smallest absolute Gasteiger partial charge is 0.303 e. The maximum atomic E-state index is 10.8. The first-order valence-corrected chi connectivity index (χ1v) is 52.5. The van der Waals surface area contributed by atoms with Gasteiger partial charge in [0, 0.05) is 38.5 Å². The van der Waals surface area contributed by atoms with Gasteiger partial charge in [0.2, 0.25) is 0 Å².